The summed E-state index contributed by atoms with van der Waals surface area (Å²) in [5, 5.41) is 5.86. The molecule has 0 N–H and O–H groups in total. The van der Waals surface area contributed by atoms with Gasteiger partial charge in [0.15, 0.2) is 0 Å². The van der Waals surface area contributed by atoms with Crippen LogP contribution in [0.4, 0.5) is 0 Å². The first-order chi connectivity index (χ1) is 10.7. The molecular weight excluding hydrogens is 290 g/mol. The van der Waals surface area contributed by atoms with E-state index in [0.717, 1.165) is 5.92 Å². The first-order valence-electron chi connectivity index (χ1n) is 8.77. The topological polar surface area (TPSA) is 30.7 Å². The Labute approximate surface area is 136 Å². The number of nitrogens with zero attached hydrogens (tertiary/aromatic N) is 3. The second-order valence-electron chi connectivity index (χ2n) is 7.19. The quantitative estimate of drug-likeness (QED) is 0.744. The summed E-state index contributed by atoms with van der Waals surface area (Å²) in [6, 6.07) is 0.648. The molecule has 0 unspecified atom stereocenters. The van der Waals surface area contributed by atoms with E-state index in [-0.39, 0.29) is 0 Å². The molecular formula is C18H25N3S. The lowest BCUT2D eigenvalue weighted by Gasteiger charge is -2.21. The molecule has 2 aliphatic rings. The van der Waals surface area contributed by atoms with Crippen molar-refractivity contribution in [2.24, 2.45) is 0 Å². The highest BCUT2D eigenvalue weighted by molar-refractivity contribution is 7.12. The molecule has 118 valence electrons. The zero-order chi connectivity index (χ0) is 15.1. The van der Waals surface area contributed by atoms with Gasteiger partial charge in [-0.3, -0.25) is 4.68 Å². The highest BCUT2D eigenvalue weighted by Gasteiger charge is 2.27. The lowest BCUT2D eigenvalue weighted by atomic mass is 9.87. The maximum atomic E-state index is 5.01. The van der Waals surface area contributed by atoms with E-state index in [1.165, 1.54) is 66.1 Å². The summed E-state index contributed by atoms with van der Waals surface area (Å²) in [4.78, 5) is 6.54. The van der Waals surface area contributed by atoms with Crippen molar-refractivity contribution in [2.45, 2.75) is 76.7 Å². The maximum absolute atomic E-state index is 5.01. The molecule has 0 radical (unpaired) electrons. The summed E-state index contributed by atoms with van der Waals surface area (Å²) < 4.78 is 2.15. The van der Waals surface area contributed by atoms with Gasteiger partial charge in [0.2, 0.25) is 0 Å². The standard InChI is InChI=1S/C18H25N3S/c1-12(2)18-20-16(14-10-19-21(11-14)15-8-9-15)17(22-18)13-6-4-3-5-7-13/h10-13,15H,3-9H2,1-2H3. The number of thiazole rings is 1. The van der Waals surface area contributed by atoms with E-state index < -0.39 is 0 Å². The minimum absolute atomic E-state index is 0.513. The summed E-state index contributed by atoms with van der Waals surface area (Å²) >= 11 is 1.95. The summed E-state index contributed by atoms with van der Waals surface area (Å²) in [6.45, 7) is 4.50. The van der Waals surface area contributed by atoms with Gasteiger partial charge >= 0.3 is 0 Å². The molecule has 2 saturated carbocycles. The van der Waals surface area contributed by atoms with Crippen molar-refractivity contribution in [1.82, 2.24) is 14.8 Å². The van der Waals surface area contributed by atoms with Gasteiger partial charge in [-0.25, -0.2) is 4.98 Å². The van der Waals surface area contributed by atoms with Gasteiger partial charge in [-0.05, 0) is 31.6 Å². The van der Waals surface area contributed by atoms with Gasteiger partial charge < -0.3 is 0 Å². The van der Waals surface area contributed by atoms with Crippen LogP contribution >= 0.6 is 11.3 Å². The molecule has 4 heteroatoms. The van der Waals surface area contributed by atoms with E-state index in [9.17, 15) is 0 Å². The zero-order valence-corrected chi connectivity index (χ0v) is 14.4. The fourth-order valence-electron chi connectivity index (χ4n) is 3.44. The van der Waals surface area contributed by atoms with Gasteiger partial charge in [-0.1, -0.05) is 33.1 Å². The van der Waals surface area contributed by atoms with E-state index in [1.54, 1.807) is 0 Å². The number of hydrogen-bond acceptors (Lipinski definition) is 3. The molecule has 0 spiro atoms. The Morgan fingerprint density at radius 1 is 1.14 bits per heavy atom. The van der Waals surface area contributed by atoms with E-state index in [2.05, 4.69) is 29.8 Å². The first kappa shape index (κ1) is 14.4. The summed E-state index contributed by atoms with van der Waals surface area (Å²) in [5.41, 5.74) is 2.46. The second kappa shape index (κ2) is 5.80. The van der Waals surface area contributed by atoms with Crippen molar-refractivity contribution in [3.05, 3.63) is 22.3 Å². The van der Waals surface area contributed by atoms with E-state index in [1.807, 2.05) is 17.5 Å². The van der Waals surface area contributed by atoms with Crippen LogP contribution in [0.1, 0.15) is 86.6 Å². The third-order valence-corrected chi connectivity index (χ3v) is 6.45. The van der Waals surface area contributed by atoms with Gasteiger partial charge in [0.25, 0.3) is 0 Å². The first-order valence-corrected chi connectivity index (χ1v) is 9.59. The second-order valence-corrected chi connectivity index (χ2v) is 8.26. The molecule has 22 heavy (non-hydrogen) atoms. The fourth-order valence-corrected chi connectivity index (χ4v) is 4.70. The Morgan fingerprint density at radius 2 is 1.91 bits per heavy atom. The van der Waals surface area contributed by atoms with E-state index in [4.69, 9.17) is 4.98 Å². The van der Waals surface area contributed by atoms with Crippen molar-refractivity contribution in [3.63, 3.8) is 0 Å². The molecule has 2 aromatic rings. The molecule has 0 saturated heterocycles. The fraction of sp³-hybridized carbons (Fsp3) is 0.667. The van der Waals surface area contributed by atoms with Crippen molar-refractivity contribution < 1.29 is 0 Å². The van der Waals surface area contributed by atoms with Crippen LogP contribution in [0, 0.1) is 0 Å². The van der Waals surface area contributed by atoms with Crippen LogP contribution in [0.3, 0.4) is 0 Å². The predicted octanol–water partition coefficient (Wildman–Crippen LogP) is 5.51. The van der Waals surface area contributed by atoms with Crippen LogP contribution < -0.4 is 0 Å². The van der Waals surface area contributed by atoms with Gasteiger partial charge in [-0.2, -0.15) is 5.10 Å². The van der Waals surface area contributed by atoms with Gasteiger partial charge in [0.1, 0.15) is 0 Å². The highest BCUT2D eigenvalue weighted by atomic mass is 32.1. The number of rotatable bonds is 4. The lowest BCUT2D eigenvalue weighted by molar-refractivity contribution is 0.448. The smallest absolute Gasteiger partial charge is 0.0960 e. The molecule has 4 rings (SSSR count). The molecule has 0 bridgehead atoms. The average Bonchev–Trinajstić information content (AvgIpc) is 3.11. The Hall–Kier alpha value is -1.16. The Kier molecular flexibility index (Phi) is 3.81. The number of hydrogen-bond donors (Lipinski definition) is 0. The Morgan fingerprint density at radius 3 is 2.59 bits per heavy atom. The summed E-state index contributed by atoms with van der Waals surface area (Å²) in [7, 11) is 0. The molecule has 0 aliphatic heterocycles. The summed E-state index contributed by atoms with van der Waals surface area (Å²) in [6.07, 6.45) is 13.7. The van der Waals surface area contributed by atoms with Gasteiger partial charge in [0, 0.05) is 22.6 Å². The minimum Gasteiger partial charge on any atom is -0.269 e. The third-order valence-electron chi connectivity index (χ3n) is 4.94. The monoisotopic (exact) mass is 315 g/mol. The average molecular weight is 315 g/mol. The molecule has 0 amide bonds. The van der Waals surface area contributed by atoms with Crippen LogP contribution in [-0.4, -0.2) is 14.8 Å². The predicted molar refractivity (Wildman–Crippen MR) is 91.5 cm³/mol. The van der Waals surface area contributed by atoms with Crippen LogP contribution in [0.2, 0.25) is 0 Å². The molecule has 2 aliphatic carbocycles. The summed E-state index contributed by atoms with van der Waals surface area (Å²) in [5.74, 6) is 1.23. The van der Waals surface area contributed by atoms with Gasteiger partial charge in [0.05, 0.1) is 22.9 Å². The highest BCUT2D eigenvalue weighted by Crippen LogP contribution is 2.43. The SMILES string of the molecule is CC(C)c1nc(-c2cnn(C3CC3)c2)c(C2CCCCC2)s1. The van der Waals surface area contributed by atoms with E-state index in [0.29, 0.717) is 12.0 Å². The number of aromatic nitrogens is 3. The normalized spacial score (nSPS) is 20.0. The third kappa shape index (κ3) is 2.73. The molecule has 2 fully saturated rings. The zero-order valence-electron chi connectivity index (χ0n) is 13.6. The van der Waals surface area contributed by atoms with Crippen molar-refractivity contribution in [1.29, 1.82) is 0 Å². The molecule has 3 nitrogen and oxygen atoms in total. The minimum atomic E-state index is 0.513. The molecule has 0 atom stereocenters. The Bertz CT molecular complexity index is 645. The molecule has 2 aromatic heterocycles. The van der Waals surface area contributed by atoms with Crippen LogP contribution in [0.25, 0.3) is 11.3 Å². The molecule has 0 aromatic carbocycles. The maximum Gasteiger partial charge on any atom is 0.0960 e. The van der Waals surface area contributed by atoms with Crippen LogP contribution in [0.5, 0.6) is 0 Å². The van der Waals surface area contributed by atoms with Crippen molar-refractivity contribution in [3.8, 4) is 11.3 Å². The largest absolute Gasteiger partial charge is 0.269 e. The van der Waals surface area contributed by atoms with Crippen LogP contribution in [0.15, 0.2) is 12.4 Å². The van der Waals surface area contributed by atoms with Crippen LogP contribution in [-0.2, 0) is 0 Å². The Balaban J connectivity index is 1.71. The van der Waals surface area contributed by atoms with Gasteiger partial charge in [-0.15, -0.1) is 11.3 Å². The van der Waals surface area contributed by atoms with Crippen molar-refractivity contribution >= 4 is 11.3 Å². The lowest BCUT2D eigenvalue weighted by Crippen LogP contribution is -2.03. The molecule has 2 heterocycles. The van der Waals surface area contributed by atoms with Crippen molar-refractivity contribution in [2.75, 3.05) is 0 Å². The van der Waals surface area contributed by atoms with E-state index >= 15 is 0 Å².